The van der Waals surface area contributed by atoms with Gasteiger partial charge in [-0.3, -0.25) is 4.79 Å². The van der Waals surface area contributed by atoms with E-state index in [0.717, 1.165) is 22.4 Å². The molecule has 1 aliphatic rings. The number of aromatic amines is 1. The molecular formula is C26H25FN4O2. The van der Waals surface area contributed by atoms with E-state index in [0.29, 0.717) is 37.2 Å². The summed E-state index contributed by atoms with van der Waals surface area (Å²) in [6.45, 7) is 2.58. The lowest BCUT2D eigenvalue weighted by Gasteiger charge is -2.25. The third-order valence-electron chi connectivity index (χ3n) is 6.18. The molecule has 2 aromatic heterocycles. The maximum atomic E-state index is 13.8. The number of phenols is 1. The number of H-pyrrole nitrogens is 1. The van der Waals surface area contributed by atoms with Crippen LogP contribution in [0.2, 0.25) is 0 Å². The van der Waals surface area contributed by atoms with Gasteiger partial charge in [-0.05, 0) is 67.3 Å². The zero-order valence-corrected chi connectivity index (χ0v) is 18.3. The second-order valence-electron chi connectivity index (χ2n) is 8.49. The molecule has 0 radical (unpaired) electrons. The summed E-state index contributed by atoms with van der Waals surface area (Å²) in [4.78, 5) is 17.4. The van der Waals surface area contributed by atoms with Crippen LogP contribution < -0.4 is 0 Å². The topological polar surface area (TPSA) is 74.2 Å². The second kappa shape index (κ2) is 8.58. The molecule has 33 heavy (non-hydrogen) atoms. The van der Waals surface area contributed by atoms with Crippen molar-refractivity contribution >= 4 is 5.91 Å². The Hall–Kier alpha value is -3.87. The molecule has 0 aliphatic carbocycles. The Balaban J connectivity index is 1.50. The largest absolute Gasteiger partial charge is 0.508 e. The highest BCUT2D eigenvalue weighted by Crippen LogP contribution is 2.38. The number of aromatic nitrogens is 3. The molecule has 2 N–H and O–H groups in total. The van der Waals surface area contributed by atoms with Gasteiger partial charge in [0.15, 0.2) is 5.95 Å². The van der Waals surface area contributed by atoms with Gasteiger partial charge in [-0.2, -0.15) is 9.49 Å². The minimum atomic E-state index is -0.423. The molecule has 0 saturated carbocycles. The fraction of sp³-hybridized carbons (Fsp3) is 0.231. The van der Waals surface area contributed by atoms with Crippen LogP contribution in [0.5, 0.6) is 5.75 Å². The third kappa shape index (κ3) is 4.26. The summed E-state index contributed by atoms with van der Waals surface area (Å²) >= 11 is 0. The highest BCUT2D eigenvalue weighted by molar-refractivity contribution is 5.80. The van der Waals surface area contributed by atoms with Crippen LogP contribution in [0.15, 0.2) is 66.9 Å². The van der Waals surface area contributed by atoms with E-state index < -0.39 is 5.95 Å². The Labute approximate surface area is 191 Å². The number of carbonyl (C=O) groups excluding carboxylic acids is 1. The molecule has 0 bridgehead atoms. The molecule has 2 aromatic carbocycles. The van der Waals surface area contributed by atoms with Gasteiger partial charge in [0.1, 0.15) is 11.4 Å². The number of rotatable bonds is 6. The Bertz CT molecular complexity index is 1290. The maximum Gasteiger partial charge on any atom is 0.223 e. The van der Waals surface area contributed by atoms with Crippen molar-refractivity contribution in [2.75, 3.05) is 6.54 Å². The second-order valence-corrected chi connectivity index (χ2v) is 8.49. The van der Waals surface area contributed by atoms with Crippen LogP contribution in [0.4, 0.5) is 4.39 Å². The normalized spacial score (nSPS) is 16.0. The lowest BCUT2D eigenvalue weighted by atomic mass is 10.0. The summed E-state index contributed by atoms with van der Waals surface area (Å²) in [5.41, 5.74) is 5.21. The summed E-state index contributed by atoms with van der Waals surface area (Å²) in [7, 11) is 0. The van der Waals surface area contributed by atoms with Gasteiger partial charge in [0.2, 0.25) is 5.91 Å². The van der Waals surface area contributed by atoms with Gasteiger partial charge in [0, 0.05) is 24.7 Å². The van der Waals surface area contributed by atoms with E-state index in [1.165, 1.54) is 6.07 Å². The highest BCUT2D eigenvalue weighted by atomic mass is 19.1. The van der Waals surface area contributed by atoms with Crippen LogP contribution in [-0.4, -0.2) is 37.2 Å². The molecule has 1 aliphatic heterocycles. The molecular weight excluding hydrogens is 419 g/mol. The molecule has 3 heterocycles. The Morgan fingerprint density at radius 3 is 2.70 bits per heavy atom. The molecule has 1 fully saturated rings. The number of phenolic OH excluding ortho intramolecular Hbond substituents is 1. The van der Waals surface area contributed by atoms with Crippen molar-refractivity contribution in [3.8, 4) is 22.8 Å². The van der Waals surface area contributed by atoms with Gasteiger partial charge in [0.25, 0.3) is 0 Å². The number of halogens is 1. The smallest absolute Gasteiger partial charge is 0.223 e. The number of hydrogen-bond donors (Lipinski definition) is 2. The van der Waals surface area contributed by atoms with Crippen LogP contribution in [0, 0.1) is 12.9 Å². The van der Waals surface area contributed by atoms with E-state index in [9.17, 15) is 14.3 Å². The van der Waals surface area contributed by atoms with Crippen LogP contribution in [0.1, 0.15) is 35.6 Å². The van der Waals surface area contributed by atoms with Gasteiger partial charge in [-0.25, -0.2) is 4.68 Å². The number of hydrogen-bond acceptors (Lipinski definition) is 3. The Morgan fingerprint density at radius 2 is 1.97 bits per heavy atom. The Kier molecular flexibility index (Phi) is 5.46. The van der Waals surface area contributed by atoms with Crippen LogP contribution in [0.25, 0.3) is 17.1 Å². The van der Waals surface area contributed by atoms with Gasteiger partial charge in [-0.1, -0.05) is 24.3 Å². The zero-order chi connectivity index (χ0) is 22.9. The summed E-state index contributed by atoms with van der Waals surface area (Å²) < 4.78 is 15.6. The lowest BCUT2D eigenvalue weighted by Crippen LogP contribution is -2.30. The van der Waals surface area contributed by atoms with E-state index in [-0.39, 0.29) is 17.7 Å². The summed E-state index contributed by atoms with van der Waals surface area (Å²) in [6, 6.07) is 18.0. The van der Waals surface area contributed by atoms with Gasteiger partial charge in [-0.15, -0.1) is 0 Å². The molecule has 0 unspecified atom stereocenters. The minimum Gasteiger partial charge on any atom is -0.508 e. The monoisotopic (exact) mass is 444 g/mol. The van der Waals surface area contributed by atoms with Crippen molar-refractivity contribution < 1.29 is 14.3 Å². The first-order chi connectivity index (χ1) is 16.0. The van der Waals surface area contributed by atoms with Gasteiger partial charge < -0.3 is 15.0 Å². The maximum absolute atomic E-state index is 13.8. The number of nitrogens with zero attached hydrogens (tertiary/aromatic N) is 3. The van der Waals surface area contributed by atoms with Gasteiger partial charge in [0.05, 0.1) is 17.4 Å². The number of carbonyl (C=O) groups is 1. The Morgan fingerprint density at radius 1 is 1.15 bits per heavy atom. The molecule has 4 aromatic rings. The average Bonchev–Trinajstić information content (AvgIpc) is 3.51. The number of benzene rings is 2. The minimum absolute atomic E-state index is 0.103. The fourth-order valence-electron chi connectivity index (χ4n) is 4.50. The summed E-state index contributed by atoms with van der Waals surface area (Å²) in [5.74, 6) is -0.0984. The van der Waals surface area contributed by atoms with Crippen molar-refractivity contribution in [1.29, 1.82) is 0 Å². The summed E-state index contributed by atoms with van der Waals surface area (Å²) in [5, 5.41) is 14.3. The van der Waals surface area contributed by atoms with Crippen LogP contribution in [0.3, 0.4) is 0 Å². The van der Waals surface area contributed by atoms with E-state index in [1.807, 2.05) is 54.4 Å². The van der Waals surface area contributed by atoms with Crippen molar-refractivity contribution in [1.82, 2.24) is 19.7 Å². The number of aryl methyl sites for hydroxylation is 1. The SMILES string of the molecule is Cc1cccc(-n2cc([C@H]3CCC(=O)N3CCc3ccc(O)cc3)c(-c3ccc(F)[nH]3)n2)c1. The fourth-order valence-corrected chi connectivity index (χ4v) is 4.50. The van der Waals surface area contributed by atoms with Crippen molar-refractivity contribution in [3.63, 3.8) is 0 Å². The first kappa shape index (κ1) is 21.0. The molecule has 6 nitrogen and oxygen atoms in total. The molecule has 1 amide bonds. The van der Waals surface area contributed by atoms with Crippen molar-refractivity contribution in [3.05, 3.63) is 89.5 Å². The van der Waals surface area contributed by atoms with E-state index >= 15 is 0 Å². The highest BCUT2D eigenvalue weighted by Gasteiger charge is 2.35. The molecule has 1 atom stereocenters. The quantitative estimate of drug-likeness (QED) is 0.443. The van der Waals surface area contributed by atoms with Crippen molar-refractivity contribution in [2.45, 2.75) is 32.2 Å². The van der Waals surface area contributed by atoms with Crippen molar-refractivity contribution in [2.24, 2.45) is 0 Å². The zero-order valence-electron chi connectivity index (χ0n) is 18.3. The predicted molar refractivity (Wildman–Crippen MR) is 124 cm³/mol. The lowest BCUT2D eigenvalue weighted by molar-refractivity contribution is -0.129. The first-order valence-electron chi connectivity index (χ1n) is 11.1. The van der Waals surface area contributed by atoms with E-state index in [4.69, 9.17) is 5.10 Å². The molecule has 7 heteroatoms. The number of likely N-dealkylation sites (tertiary alicyclic amines) is 1. The van der Waals surface area contributed by atoms with Crippen LogP contribution in [-0.2, 0) is 11.2 Å². The third-order valence-corrected chi connectivity index (χ3v) is 6.18. The van der Waals surface area contributed by atoms with Crippen LogP contribution >= 0.6 is 0 Å². The number of aromatic hydroxyl groups is 1. The summed E-state index contributed by atoms with van der Waals surface area (Å²) in [6.07, 6.45) is 3.79. The molecule has 5 rings (SSSR count). The standard InChI is InChI=1S/C26H25FN4O2/c1-17-3-2-4-19(15-17)31-16-21(26(29-31)22-9-11-24(27)28-22)23-10-12-25(33)30(23)14-13-18-5-7-20(32)8-6-18/h2-9,11,15-16,23,28,32H,10,12-14H2,1H3/t23-/m1/s1. The number of amides is 1. The molecule has 0 spiro atoms. The number of nitrogens with one attached hydrogen (secondary N) is 1. The van der Waals surface area contributed by atoms with Gasteiger partial charge >= 0.3 is 0 Å². The van der Waals surface area contributed by atoms with E-state index in [1.54, 1.807) is 22.9 Å². The molecule has 168 valence electrons. The van der Waals surface area contributed by atoms with E-state index in [2.05, 4.69) is 4.98 Å². The molecule has 1 saturated heterocycles. The predicted octanol–water partition coefficient (Wildman–Crippen LogP) is 4.93. The first-order valence-corrected chi connectivity index (χ1v) is 11.1. The average molecular weight is 445 g/mol.